The van der Waals surface area contributed by atoms with E-state index < -0.39 is 41.6 Å². The van der Waals surface area contributed by atoms with Gasteiger partial charge in [-0.3, -0.25) is 4.79 Å². The summed E-state index contributed by atoms with van der Waals surface area (Å²) in [6, 6.07) is 1.31. The van der Waals surface area contributed by atoms with Gasteiger partial charge < -0.3 is 15.2 Å². The van der Waals surface area contributed by atoms with Crippen LogP contribution in [0.25, 0.3) is 0 Å². The van der Waals surface area contributed by atoms with Gasteiger partial charge in [-0.2, -0.15) is 8.78 Å². The lowest BCUT2D eigenvalue weighted by atomic mass is 10.1. The molecule has 118 valence electrons. The van der Waals surface area contributed by atoms with E-state index in [9.17, 15) is 27.5 Å². The Balaban J connectivity index is 2.93. The maximum absolute atomic E-state index is 13.8. The number of halogens is 4. The highest BCUT2D eigenvalue weighted by atomic mass is 19.3. The minimum atomic E-state index is -3.30. The first-order chi connectivity index (χ1) is 9.73. The second-order valence-electron chi connectivity index (χ2n) is 4.63. The molecule has 0 radical (unpaired) electrons. The average molecular weight is 309 g/mol. The first-order valence-electron chi connectivity index (χ1n) is 6.13. The summed E-state index contributed by atoms with van der Waals surface area (Å²) in [4.78, 5) is 11.7. The zero-order valence-corrected chi connectivity index (χ0v) is 11.4. The molecule has 0 heterocycles. The Bertz CT molecular complexity index is 508. The number of carbonyl (C=O) groups excluding carboxylic acids is 1. The molecule has 4 nitrogen and oxygen atoms in total. The molecule has 0 saturated carbocycles. The zero-order valence-electron chi connectivity index (χ0n) is 11.4. The van der Waals surface area contributed by atoms with Crippen LogP contribution in [0.1, 0.15) is 24.2 Å². The lowest BCUT2D eigenvalue weighted by Gasteiger charge is -2.16. The van der Waals surface area contributed by atoms with Crippen LogP contribution in [0.4, 0.5) is 17.6 Å². The summed E-state index contributed by atoms with van der Waals surface area (Å²) in [5.41, 5.74) is -1.04. The minimum Gasteiger partial charge on any atom is -0.432 e. The molecule has 8 heteroatoms. The van der Waals surface area contributed by atoms with Crippen LogP contribution < -0.4 is 10.1 Å². The first kappa shape index (κ1) is 17.2. The average Bonchev–Trinajstić information content (AvgIpc) is 2.38. The lowest BCUT2D eigenvalue weighted by molar-refractivity contribution is -0.0523. The van der Waals surface area contributed by atoms with Gasteiger partial charge >= 0.3 is 6.61 Å². The van der Waals surface area contributed by atoms with Gasteiger partial charge in [-0.25, -0.2) is 8.78 Å². The van der Waals surface area contributed by atoms with E-state index in [1.165, 1.54) is 0 Å². The predicted molar refractivity (Wildman–Crippen MR) is 66.2 cm³/mol. The summed E-state index contributed by atoms with van der Waals surface area (Å²) in [7, 11) is 0. The molecule has 0 saturated heterocycles. The van der Waals surface area contributed by atoms with Crippen molar-refractivity contribution >= 4 is 5.91 Å². The normalized spacial score (nSPS) is 12.6. The van der Waals surface area contributed by atoms with E-state index in [1.807, 2.05) is 0 Å². The summed E-state index contributed by atoms with van der Waals surface area (Å²) in [6.07, 6.45) is -0.902. The van der Waals surface area contributed by atoms with E-state index in [1.54, 1.807) is 13.8 Å². The monoisotopic (exact) mass is 309 g/mol. The fourth-order valence-electron chi connectivity index (χ4n) is 1.45. The van der Waals surface area contributed by atoms with Crippen molar-refractivity contribution in [3.63, 3.8) is 0 Å². The van der Waals surface area contributed by atoms with Crippen molar-refractivity contribution in [2.45, 2.75) is 26.6 Å². The second-order valence-corrected chi connectivity index (χ2v) is 4.63. The van der Waals surface area contributed by atoms with Gasteiger partial charge in [0.15, 0.2) is 11.6 Å². The highest BCUT2D eigenvalue weighted by molar-refractivity contribution is 5.95. The molecule has 0 fully saturated rings. The SMILES string of the molecule is CC(C)C(O)CNC(=O)c1c(F)ccc(OC(F)F)c1F. The van der Waals surface area contributed by atoms with Crippen molar-refractivity contribution in [1.29, 1.82) is 0 Å². The van der Waals surface area contributed by atoms with Gasteiger partial charge in [0.05, 0.1) is 6.10 Å². The molecule has 1 aromatic carbocycles. The first-order valence-corrected chi connectivity index (χ1v) is 6.13. The van der Waals surface area contributed by atoms with Gasteiger partial charge in [-0.15, -0.1) is 0 Å². The molecule has 0 aliphatic carbocycles. The third-order valence-electron chi connectivity index (χ3n) is 2.74. The molecular weight excluding hydrogens is 294 g/mol. The van der Waals surface area contributed by atoms with E-state index in [-0.39, 0.29) is 12.5 Å². The molecule has 0 bridgehead atoms. The van der Waals surface area contributed by atoms with Crippen LogP contribution in [0.2, 0.25) is 0 Å². The molecule has 1 atom stereocenters. The largest absolute Gasteiger partial charge is 0.432 e. The van der Waals surface area contributed by atoms with Gasteiger partial charge in [-0.05, 0) is 18.1 Å². The Kier molecular flexibility index (Phi) is 5.95. The Morgan fingerprint density at radius 1 is 1.33 bits per heavy atom. The number of carbonyl (C=O) groups is 1. The summed E-state index contributed by atoms with van der Waals surface area (Å²) in [5.74, 6) is -5.00. The predicted octanol–water partition coefficient (Wildman–Crippen LogP) is 2.31. The quantitative estimate of drug-likeness (QED) is 0.793. The third-order valence-corrected chi connectivity index (χ3v) is 2.74. The molecule has 1 amide bonds. The number of hydrogen-bond acceptors (Lipinski definition) is 3. The van der Waals surface area contributed by atoms with Gasteiger partial charge in [0.2, 0.25) is 0 Å². The van der Waals surface area contributed by atoms with Crippen LogP contribution in [0, 0.1) is 17.6 Å². The van der Waals surface area contributed by atoms with Crippen molar-refractivity contribution in [3.8, 4) is 5.75 Å². The van der Waals surface area contributed by atoms with Crippen LogP contribution in [0.5, 0.6) is 5.75 Å². The summed E-state index contributed by atoms with van der Waals surface area (Å²) in [6.45, 7) is -0.150. The molecule has 0 aromatic heterocycles. The molecule has 1 rings (SSSR count). The summed E-state index contributed by atoms with van der Waals surface area (Å²) < 4.78 is 55.3. The van der Waals surface area contributed by atoms with Crippen molar-refractivity contribution in [3.05, 3.63) is 29.3 Å². The van der Waals surface area contributed by atoms with Crippen LogP contribution in [0.15, 0.2) is 12.1 Å². The van der Waals surface area contributed by atoms with Crippen molar-refractivity contribution in [2.24, 2.45) is 5.92 Å². The minimum absolute atomic E-state index is 0.173. The number of ether oxygens (including phenoxy) is 1. The zero-order chi connectivity index (χ0) is 16.2. The number of hydrogen-bond donors (Lipinski definition) is 2. The number of alkyl halides is 2. The Morgan fingerprint density at radius 3 is 2.48 bits per heavy atom. The number of amides is 1. The third kappa shape index (κ3) is 4.59. The van der Waals surface area contributed by atoms with Crippen molar-refractivity contribution in [2.75, 3.05) is 6.54 Å². The molecule has 2 N–H and O–H groups in total. The molecule has 21 heavy (non-hydrogen) atoms. The van der Waals surface area contributed by atoms with E-state index in [2.05, 4.69) is 10.1 Å². The Morgan fingerprint density at radius 2 is 1.95 bits per heavy atom. The second kappa shape index (κ2) is 7.26. The van der Waals surface area contributed by atoms with Crippen LogP contribution in [0.3, 0.4) is 0 Å². The smallest absolute Gasteiger partial charge is 0.387 e. The maximum atomic E-state index is 13.8. The number of aliphatic hydroxyl groups is 1. The van der Waals surface area contributed by atoms with Crippen LogP contribution >= 0.6 is 0 Å². The highest BCUT2D eigenvalue weighted by Crippen LogP contribution is 2.24. The highest BCUT2D eigenvalue weighted by Gasteiger charge is 2.23. The van der Waals surface area contributed by atoms with Crippen LogP contribution in [-0.2, 0) is 0 Å². The number of aliphatic hydroxyl groups excluding tert-OH is 1. The molecule has 0 spiro atoms. The fourth-order valence-corrected chi connectivity index (χ4v) is 1.45. The van der Waals surface area contributed by atoms with Gasteiger partial charge in [0.25, 0.3) is 5.91 Å². The molecule has 1 aromatic rings. The molecule has 0 aliphatic heterocycles. The standard InChI is InChI=1S/C13H15F4NO3/c1-6(2)8(19)5-18-12(20)10-7(14)3-4-9(11(10)15)21-13(16)17/h3-4,6,8,13,19H,5H2,1-2H3,(H,18,20). The lowest BCUT2D eigenvalue weighted by Crippen LogP contribution is -2.35. The van der Waals surface area contributed by atoms with Crippen molar-refractivity contribution in [1.82, 2.24) is 5.32 Å². The van der Waals surface area contributed by atoms with Crippen molar-refractivity contribution < 1.29 is 32.2 Å². The molecular formula is C13H15F4NO3. The van der Waals surface area contributed by atoms with E-state index in [4.69, 9.17) is 0 Å². The summed E-state index contributed by atoms with van der Waals surface area (Å²) >= 11 is 0. The van der Waals surface area contributed by atoms with E-state index >= 15 is 0 Å². The van der Waals surface area contributed by atoms with Gasteiger partial charge in [0, 0.05) is 6.54 Å². The summed E-state index contributed by atoms with van der Waals surface area (Å²) in [5, 5.41) is 11.6. The van der Waals surface area contributed by atoms with E-state index in [0.29, 0.717) is 12.1 Å². The number of benzene rings is 1. The van der Waals surface area contributed by atoms with Gasteiger partial charge in [-0.1, -0.05) is 13.8 Å². The Hall–Kier alpha value is -1.83. The molecule has 0 aliphatic rings. The fraction of sp³-hybridized carbons (Fsp3) is 0.462. The number of rotatable bonds is 6. The van der Waals surface area contributed by atoms with Gasteiger partial charge in [0.1, 0.15) is 11.4 Å². The number of nitrogens with one attached hydrogen (secondary N) is 1. The van der Waals surface area contributed by atoms with Crippen LogP contribution in [-0.4, -0.2) is 30.3 Å². The molecule has 1 unspecified atom stereocenters. The van der Waals surface area contributed by atoms with E-state index in [0.717, 1.165) is 0 Å². The Labute approximate surface area is 118 Å². The maximum Gasteiger partial charge on any atom is 0.387 e. The topological polar surface area (TPSA) is 58.6 Å².